The summed E-state index contributed by atoms with van der Waals surface area (Å²) < 4.78 is 5.71. The summed E-state index contributed by atoms with van der Waals surface area (Å²) in [6.45, 7) is 2.06. The standard InChI is InChI=1S/C13H13BO/c1-10-3-2-4-13(9-10)15-12-7-5-11(14)6-8-12/h2-9H,14H2,1H3. The van der Waals surface area contributed by atoms with Gasteiger partial charge in [0, 0.05) is 0 Å². The predicted molar refractivity (Wildman–Crippen MR) is 65.9 cm³/mol. The molecule has 0 N–H and O–H groups in total. The van der Waals surface area contributed by atoms with Crippen molar-refractivity contribution in [1.82, 2.24) is 0 Å². The third kappa shape index (κ3) is 2.63. The van der Waals surface area contributed by atoms with Crippen LogP contribution in [0.1, 0.15) is 5.56 Å². The Balaban J connectivity index is 2.18. The van der Waals surface area contributed by atoms with Gasteiger partial charge in [-0.25, -0.2) is 0 Å². The van der Waals surface area contributed by atoms with Crippen LogP contribution in [0.15, 0.2) is 48.5 Å². The first kappa shape index (κ1) is 9.84. The molecule has 0 saturated heterocycles. The van der Waals surface area contributed by atoms with Crippen LogP contribution in [0.5, 0.6) is 11.5 Å². The first-order valence-electron chi connectivity index (χ1n) is 5.05. The van der Waals surface area contributed by atoms with Gasteiger partial charge in [0.15, 0.2) is 0 Å². The van der Waals surface area contributed by atoms with Gasteiger partial charge in [-0.2, -0.15) is 0 Å². The van der Waals surface area contributed by atoms with Crippen LogP contribution in [0.4, 0.5) is 0 Å². The van der Waals surface area contributed by atoms with Crippen LogP contribution in [0.25, 0.3) is 0 Å². The first-order chi connectivity index (χ1) is 7.24. The van der Waals surface area contributed by atoms with E-state index in [4.69, 9.17) is 4.74 Å². The lowest BCUT2D eigenvalue weighted by Crippen LogP contribution is -1.99. The normalized spacial score (nSPS) is 9.93. The topological polar surface area (TPSA) is 9.23 Å². The molecule has 0 bridgehead atoms. The summed E-state index contributed by atoms with van der Waals surface area (Å²) in [6.07, 6.45) is 0. The van der Waals surface area contributed by atoms with E-state index in [1.165, 1.54) is 11.0 Å². The Morgan fingerprint density at radius 2 is 1.67 bits per heavy atom. The summed E-state index contributed by atoms with van der Waals surface area (Å²) in [4.78, 5) is 0. The molecule has 0 aliphatic carbocycles. The zero-order chi connectivity index (χ0) is 10.7. The molecule has 2 aromatic carbocycles. The number of hydrogen-bond acceptors (Lipinski definition) is 1. The number of rotatable bonds is 2. The number of ether oxygens (including phenoxy) is 1. The highest BCUT2D eigenvalue weighted by atomic mass is 16.5. The highest BCUT2D eigenvalue weighted by Gasteiger charge is 1.96. The molecular weight excluding hydrogens is 183 g/mol. The summed E-state index contributed by atoms with van der Waals surface area (Å²) in [5.41, 5.74) is 2.45. The van der Waals surface area contributed by atoms with E-state index in [0.29, 0.717) is 0 Å². The van der Waals surface area contributed by atoms with E-state index in [0.717, 1.165) is 11.5 Å². The van der Waals surface area contributed by atoms with Crippen LogP contribution < -0.4 is 10.2 Å². The minimum absolute atomic E-state index is 0.881. The molecule has 0 spiro atoms. The smallest absolute Gasteiger partial charge is 0.139 e. The maximum atomic E-state index is 5.71. The second-order valence-electron chi connectivity index (χ2n) is 3.73. The van der Waals surface area contributed by atoms with Crippen LogP contribution in [-0.2, 0) is 0 Å². The highest BCUT2D eigenvalue weighted by molar-refractivity contribution is 6.32. The lowest BCUT2D eigenvalue weighted by Gasteiger charge is -2.06. The molecule has 0 amide bonds. The molecule has 15 heavy (non-hydrogen) atoms. The van der Waals surface area contributed by atoms with E-state index in [2.05, 4.69) is 20.8 Å². The fraction of sp³-hybridized carbons (Fsp3) is 0.0769. The average molecular weight is 196 g/mol. The molecular formula is C13H13BO. The molecule has 0 radical (unpaired) electrons. The largest absolute Gasteiger partial charge is 0.457 e. The van der Waals surface area contributed by atoms with Crippen molar-refractivity contribution in [2.45, 2.75) is 6.92 Å². The van der Waals surface area contributed by atoms with Gasteiger partial charge in [-0.15, -0.1) is 0 Å². The maximum absolute atomic E-state index is 5.71. The summed E-state index contributed by atoms with van der Waals surface area (Å²) in [7, 11) is 2.07. The van der Waals surface area contributed by atoms with E-state index < -0.39 is 0 Å². The molecule has 2 heteroatoms. The number of benzene rings is 2. The second-order valence-corrected chi connectivity index (χ2v) is 3.73. The van der Waals surface area contributed by atoms with Crippen LogP contribution in [0.2, 0.25) is 0 Å². The first-order valence-corrected chi connectivity index (χ1v) is 5.05. The van der Waals surface area contributed by atoms with Crippen molar-refractivity contribution in [3.63, 3.8) is 0 Å². The molecule has 0 aromatic heterocycles. The summed E-state index contributed by atoms with van der Waals surface area (Å²) >= 11 is 0. The van der Waals surface area contributed by atoms with Gasteiger partial charge in [0.1, 0.15) is 19.3 Å². The Kier molecular flexibility index (Phi) is 2.77. The highest BCUT2D eigenvalue weighted by Crippen LogP contribution is 2.20. The third-order valence-corrected chi connectivity index (χ3v) is 2.25. The molecule has 1 nitrogen and oxygen atoms in total. The monoisotopic (exact) mass is 196 g/mol. The summed E-state index contributed by atoms with van der Waals surface area (Å²) in [5, 5.41) is 0. The van der Waals surface area contributed by atoms with Gasteiger partial charge in [0.25, 0.3) is 0 Å². The van der Waals surface area contributed by atoms with Crippen molar-refractivity contribution in [2.75, 3.05) is 0 Å². The van der Waals surface area contributed by atoms with E-state index in [-0.39, 0.29) is 0 Å². The van der Waals surface area contributed by atoms with Gasteiger partial charge in [-0.3, -0.25) is 0 Å². The molecule has 0 saturated carbocycles. The van der Waals surface area contributed by atoms with Crippen molar-refractivity contribution in [2.24, 2.45) is 0 Å². The molecule has 0 fully saturated rings. The van der Waals surface area contributed by atoms with Crippen LogP contribution in [0.3, 0.4) is 0 Å². The number of hydrogen-bond donors (Lipinski definition) is 0. The van der Waals surface area contributed by atoms with E-state index in [1.807, 2.05) is 42.5 Å². The Hall–Kier alpha value is -1.70. The van der Waals surface area contributed by atoms with Gasteiger partial charge in [0.2, 0.25) is 0 Å². The molecule has 0 atom stereocenters. The molecule has 0 unspecified atom stereocenters. The molecule has 0 aliphatic heterocycles. The van der Waals surface area contributed by atoms with Crippen molar-refractivity contribution < 1.29 is 4.74 Å². The van der Waals surface area contributed by atoms with E-state index in [1.54, 1.807) is 0 Å². The Labute approximate surface area is 91.1 Å². The summed E-state index contributed by atoms with van der Waals surface area (Å²) in [6, 6.07) is 16.1. The average Bonchev–Trinajstić information content (AvgIpc) is 2.22. The Morgan fingerprint density at radius 3 is 2.33 bits per heavy atom. The fourth-order valence-electron chi connectivity index (χ4n) is 1.42. The molecule has 74 valence electrons. The quantitative estimate of drug-likeness (QED) is 0.668. The van der Waals surface area contributed by atoms with Crippen molar-refractivity contribution in [1.29, 1.82) is 0 Å². The Morgan fingerprint density at radius 1 is 0.933 bits per heavy atom. The molecule has 0 heterocycles. The van der Waals surface area contributed by atoms with Gasteiger partial charge >= 0.3 is 0 Å². The van der Waals surface area contributed by atoms with Crippen LogP contribution in [-0.4, -0.2) is 7.85 Å². The van der Waals surface area contributed by atoms with E-state index >= 15 is 0 Å². The van der Waals surface area contributed by atoms with Gasteiger partial charge < -0.3 is 4.74 Å². The zero-order valence-electron chi connectivity index (χ0n) is 9.03. The van der Waals surface area contributed by atoms with Gasteiger partial charge in [-0.1, -0.05) is 29.7 Å². The maximum Gasteiger partial charge on any atom is 0.139 e. The van der Waals surface area contributed by atoms with E-state index in [9.17, 15) is 0 Å². The van der Waals surface area contributed by atoms with Crippen LogP contribution >= 0.6 is 0 Å². The third-order valence-electron chi connectivity index (χ3n) is 2.25. The van der Waals surface area contributed by atoms with Crippen molar-refractivity contribution >= 4 is 13.3 Å². The van der Waals surface area contributed by atoms with Crippen LogP contribution in [0, 0.1) is 6.92 Å². The minimum atomic E-state index is 0.881. The second kappa shape index (κ2) is 4.22. The van der Waals surface area contributed by atoms with Crippen molar-refractivity contribution in [3.8, 4) is 11.5 Å². The predicted octanol–water partition coefficient (Wildman–Crippen LogP) is 2.05. The lowest BCUT2D eigenvalue weighted by atomic mass is 9.97. The molecule has 0 aliphatic rings. The fourth-order valence-corrected chi connectivity index (χ4v) is 1.42. The zero-order valence-corrected chi connectivity index (χ0v) is 9.03. The van der Waals surface area contributed by atoms with Gasteiger partial charge in [-0.05, 0) is 36.8 Å². The van der Waals surface area contributed by atoms with Gasteiger partial charge in [0.05, 0.1) is 0 Å². The molecule has 2 aromatic rings. The lowest BCUT2D eigenvalue weighted by molar-refractivity contribution is 0.482. The number of aryl methyl sites for hydroxylation is 1. The van der Waals surface area contributed by atoms with Crippen molar-refractivity contribution in [3.05, 3.63) is 54.1 Å². The minimum Gasteiger partial charge on any atom is -0.457 e. The molecule has 2 rings (SSSR count). The Bertz CT molecular complexity index is 448. The SMILES string of the molecule is Bc1ccc(Oc2cccc(C)c2)cc1. The summed E-state index contributed by atoms with van der Waals surface area (Å²) in [5.74, 6) is 1.77.